The minimum atomic E-state index is 0.0508. The second-order valence-corrected chi connectivity index (χ2v) is 8.36. The van der Waals surface area contributed by atoms with Crippen molar-refractivity contribution >= 4 is 46.2 Å². The lowest BCUT2D eigenvalue weighted by atomic mass is 9.84. The highest BCUT2D eigenvalue weighted by Crippen LogP contribution is 2.41. The molecule has 1 atom stereocenters. The first-order valence-corrected chi connectivity index (χ1v) is 11.0. The zero-order valence-electron chi connectivity index (χ0n) is 15.0. The number of rotatable bonds is 2. The smallest absolute Gasteiger partial charge is 0.161 e. The van der Waals surface area contributed by atoms with Crippen LogP contribution in [0.1, 0.15) is 36.4 Å². The summed E-state index contributed by atoms with van der Waals surface area (Å²) in [7, 11) is 0. The third-order valence-corrected chi connectivity index (χ3v) is 6.03. The molecule has 0 saturated heterocycles. The minimum Gasteiger partial charge on any atom is -0.335 e. The molecule has 2 aromatic carbocycles. The Morgan fingerprint density at radius 2 is 1.67 bits per heavy atom. The van der Waals surface area contributed by atoms with E-state index in [0.717, 1.165) is 34.5 Å². The first-order chi connectivity index (χ1) is 13.1. The Labute approximate surface area is 174 Å². The van der Waals surface area contributed by atoms with E-state index < -0.39 is 0 Å². The van der Waals surface area contributed by atoms with Gasteiger partial charge in [0, 0.05) is 15.7 Å². The molecule has 0 bridgehead atoms. The fourth-order valence-electron chi connectivity index (χ4n) is 3.62. The van der Waals surface area contributed by atoms with Crippen molar-refractivity contribution in [2.24, 2.45) is 4.99 Å². The summed E-state index contributed by atoms with van der Waals surface area (Å²) in [4.78, 5) is 4.96. The maximum Gasteiger partial charge on any atom is 0.161 e. The zero-order chi connectivity index (χ0) is 18.8. The number of nitrogens with one attached hydrogen (secondary N) is 1. The largest absolute Gasteiger partial charge is 0.335 e. The molecule has 1 heterocycles. The van der Waals surface area contributed by atoms with Crippen molar-refractivity contribution in [2.75, 3.05) is 6.26 Å². The SMILES string of the molecule is CSC1=N[C@@H](c2ccc(Cl)cc2)C2=C(N1)/C(=C/c1ccc(Cl)cc1)CCC2. The summed E-state index contributed by atoms with van der Waals surface area (Å²) in [5.41, 5.74) is 6.28. The van der Waals surface area contributed by atoms with Crippen molar-refractivity contribution in [1.82, 2.24) is 5.32 Å². The molecule has 0 radical (unpaired) electrons. The van der Waals surface area contributed by atoms with Gasteiger partial charge in [0.05, 0.1) is 0 Å². The van der Waals surface area contributed by atoms with Crippen LogP contribution in [0.4, 0.5) is 0 Å². The fourth-order valence-corrected chi connectivity index (χ4v) is 4.29. The highest BCUT2D eigenvalue weighted by Gasteiger charge is 2.29. The predicted octanol–water partition coefficient (Wildman–Crippen LogP) is 6.88. The Hall–Kier alpha value is -1.68. The van der Waals surface area contributed by atoms with Gasteiger partial charge in [0.15, 0.2) is 5.17 Å². The first kappa shape index (κ1) is 18.7. The van der Waals surface area contributed by atoms with Crippen LogP contribution in [0.15, 0.2) is 70.4 Å². The highest BCUT2D eigenvalue weighted by molar-refractivity contribution is 8.13. The summed E-state index contributed by atoms with van der Waals surface area (Å²) in [5, 5.41) is 6.04. The number of nitrogens with zero attached hydrogens (tertiary/aromatic N) is 1. The van der Waals surface area contributed by atoms with Crippen molar-refractivity contribution in [3.05, 3.63) is 86.5 Å². The van der Waals surface area contributed by atoms with Crippen molar-refractivity contribution in [2.45, 2.75) is 25.3 Å². The van der Waals surface area contributed by atoms with E-state index in [9.17, 15) is 0 Å². The number of benzene rings is 2. The van der Waals surface area contributed by atoms with Gasteiger partial charge < -0.3 is 5.32 Å². The van der Waals surface area contributed by atoms with Gasteiger partial charge in [0.25, 0.3) is 0 Å². The molecule has 2 aromatic rings. The summed E-state index contributed by atoms with van der Waals surface area (Å²) in [6.45, 7) is 0. The van der Waals surface area contributed by atoms with Gasteiger partial charge in [-0.1, -0.05) is 59.2 Å². The summed E-state index contributed by atoms with van der Waals surface area (Å²) in [6.07, 6.45) is 7.57. The summed E-state index contributed by atoms with van der Waals surface area (Å²) in [6, 6.07) is 16.1. The number of halogens is 2. The van der Waals surface area contributed by atoms with Crippen molar-refractivity contribution in [1.29, 1.82) is 0 Å². The third-order valence-electron chi connectivity index (χ3n) is 4.93. The van der Waals surface area contributed by atoms with Crippen LogP contribution in [0, 0.1) is 0 Å². The number of hydrogen-bond acceptors (Lipinski definition) is 3. The monoisotopic (exact) mass is 414 g/mol. The molecule has 2 aliphatic rings. The Morgan fingerprint density at radius 3 is 2.33 bits per heavy atom. The van der Waals surface area contributed by atoms with E-state index in [-0.39, 0.29) is 6.04 Å². The van der Waals surface area contributed by atoms with E-state index in [1.54, 1.807) is 11.8 Å². The standard InChI is InChI=1S/C22H20Cl2N2S/c1-27-22-25-20(15-7-11-18(24)12-8-15)19-4-2-3-16(21(19)26-22)13-14-5-9-17(23)10-6-14/h5-13,20H,2-4H2,1H3,(H,25,26)/b16-13+/t20-/m0/s1. The van der Waals surface area contributed by atoms with E-state index in [2.05, 4.69) is 41.9 Å². The van der Waals surface area contributed by atoms with Crippen LogP contribution in [0.3, 0.4) is 0 Å². The Bertz CT molecular complexity index is 928. The molecule has 0 amide bonds. The van der Waals surface area contributed by atoms with E-state index in [0.29, 0.717) is 0 Å². The molecule has 4 rings (SSSR count). The van der Waals surface area contributed by atoms with Gasteiger partial charge in [-0.25, -0.2) is 4.99 Å². The van der Waals surface area contributed by atoms with Crippen LogP contribution in [-0.4, -0.2) is 11.4 Å². The van der Waals surface area contributed by atoms with Crippen LogP contribution < -0.4 is 5.32 Å². The van der Waals surface area contributed by atoms with Gasteiger partial charge in [-0.15, -0.1) is 0 Å². The van der Waals surface area contributed by atoms with Crippen molar-refractivity contribution in [3.8, 4) is 0 Å². The van der Waals surface area contributed by atoms with Crippen LogP contribution in [0.25, 0.3) is 6.08 Å². The van der Waals surface area contributed by atoms with Gasteiger partial charge in [-0.05, 0) is 78.1 Å². The lowest BCUT2D eigenvalue weighted by molar-refractivity contribution is 0.660. The van der Waals surface area contributed by atoms with Gasteiger partial charge >= 0.3 is 0 Å². The molecule has 0 spiro atoms. The topological polar surface area (TPSA) is 24.4 Å². The average Bonchev–Trinajstić information content (AvgIpc) is 2.70. The molecule has 0 unspecified atom stereocenters. The number of amidine groups is 1. The third kappa shape index (κ3) is 4.11. The second-order valence-electron chi connectivity index (χ2n) is 6.69. The number of aliphatic imine (C=N–C) groups is 1. The summed E-state index contributed by atoms with van der Waals surface area (Å²) >= 11 is 13.8. The maximum atomic E-state index is 6.09. The van der Waals surface area contributed by atoms with Crippen LogP contribution in [0.2, 0.25) is 10.0 Å². The lowest BCUT2D eigenvalue weighted by Crippen LogP contribution is -2.30. The molecule has 1 N–H and O–H groups in total. The van der Waals surface area contributed by atoms with Gasteiger partial charge in [0.1, 0.15) is 6.04 Å². The maximum absolute atomic E-state index is 6.09. The molecular weight excluding hydrogens is 395 g/mol. The normalized spacial score (nSPS) is 20.9. The molecular formula is C22H20Cl2N2S. The Kier molecular flexibility index (Phi) is 5.63. The Balaban J connectivity index is 1.76. The fraction of sp³-hybridized carbons (Fsp3) is 0.227. The quantitative estimate of drug-likeness (QED) is 0.578. The molecule has 27 heavy (non-hydrogen) atoms. The number of hydrogen-bond donors (Lipinski definition) is 1. The summed E-state index contributed by atoms with van der Waals surface area (Å²) < 4.78 is 0. The Morgan fingerprint density at radius 1 is 1.00 bits per heavy atom. The molecule has 138 valence electrons. The van der Waals surface area contributed by atoms with E-state index in [4.69, 9.17) is 28.2 Å². The molecule has 0 saturated carbocycles. The zero-order valence-corrected chi connectivity index (χ0v) is 17.3. The average molecular weight is 415 g/mol. The number of thioether (sulfide) groups is 1. The van der Waals surface area contributed by atoms with Crippen LogP contribution >= 0.6 is 35.0 Å². The first-order valence-electron chi connectivity index (χ1n) is 8.98. The van der Waals surface area contributed by atoms with Gasteiger partial charge in [-0.3, -0.25) is 0 Å². The predicted molar refractivity (Wildman–Crippen MR) is 119 cm³/mol. The van der Waals surface area contributed by atoms with Gasteiger partial charge in [-0.2, -0.15) is 0 Å². The van der Waals surface area contributed by atoms with Gasteiger partial charge in [0.2, 0.25) is 0 Å². The minimum absolute atomic E-state index is 0.0508. The molecule has 2 nitrogen and oxygen atoms in total. The van der Waals surface area contributed by atoms with E-state index in [1.807, 2.05) is 24.3 Å². The van der Waals surface area contributed by atoms with Crippen molar-refractivity contribution < 1.29 is 0 Å². The summed E-state index contributed by atoms with van der Waals surface area (Å²) in [5.74, 6) is 0. The highest BCUT2D eigenvalue weighted by atomic mass is 35.5. The van der Waals surface area contributed by atoms with Crippen LogP contribution in [0.5, 0.6) is 0 Å². The molecule has 0 fully saturated rings. The lowest BCUT2D eigenvalue weighted by Gasteiger charge is -2.32. The van der Waals surface area contributed by atoms with E-state index in [1.165, 1.54) is 28.0 Å². The van der Waals surface area contributed by atoms with Crippen molar-refractivity contribution in [3.63, 3.8) is 0 Å². The molecule has 1 aliphatic heterocycles. The van der Waals surface area contributed by atoms with Crippen LogP contribution in [-0.2, 0) is 0 Å². The second kappa shape index (κ2) is 8.14. The van der Waals surface area contributed by atoms with E-state index >= 15 is 0 Å². The molecule has 5 heteroatoms. The molecule has 1 aliphatic carbocycles. The molecule has 0 aromatic heterocycles. The number of allylic oxidation sites excluding steroid dienone is 1.